The number of benzene rings is 1. The SMILES string of the molecule is CNc1ncc(CN2CCCC3(CCc4ccccc43)C2)s1. The number of thiazole rings is 1. The van der Waals surface area contributed by atoms with Crippen molar-refractivity contribution in [1.29, 1.82) is 0 Å². The zero-order valence-corrected chi connectivity index (χ0v) is 14.0. The van der Waals surface area contributed by atoms with Crippen LogP contribution in [-0.4, -0.2) is 30.0 Å². The number of hydrogen-bond acceptors (Lipinski definition) is 4. The first kappa shape index (κ1) is 14.2. The first-order valence-electron chi connectivity index (χ1n) is 8.22. The monoisotopic (exact) mass is 313 g/mol. The zero-order chi connectivity index (χ0) is 15.0. The molecule has 1 unspecified atom stereocenters. The van der Waals surface area contributed by atoms with Gasteiger partial charge < -0.3 is 5.32 Å². The average molecular weight is 313 g/mol. The van der Waals surface area contributed by atoms with Crippen molar-refractivity contribution in [2.24, 2.45) is 0 Å². The van der Waals surface area contributed by atoms with E-state index in [-0.39, 0.29) is 0 Å². The Bertz CT molecular complexity index is 662. The molecule has 22 heavy (non-hydrogen) atoms. The molecule has 0 bridgehead atoms. The number of piperidine rings is 1. The van der Waals surface area contributed by atoms with E-state index >= 15 is 0 Å². The summed E-state index contributed by atoms with van der Waals surface area (Å²) in [4.78, 5) is 8.41. The minimum Gasteiger partial charge on any atom is -0.365 e. The molecule has 1 N–H and O–H groups in total. The van der Waals surface area contributed by atoms with Gasteiger partial charge in [0.05, 0.1) is 0 Å². The van der Waals surface area contributed by atoms with E-state index in [0.29, 0.717) is 5.41 Å². The van der Waals surface area contributed by atoms with Gasteiger partial charge in [-0.2, -0.15) is 0 Å². The van der Waals surface area contributed by atoms with Crippen molar-refractivity contribution in [3.8, 4) is 0 Å². The van der Waals surface area contributed by atoms with Gasteiger partial charge in [-0.25, -0.2) is 4.98 Å². The number of fused-ring (bicyclic) bond motifs is 2. The Morgan fingerprint density at radius 2 is 2.23 bits per heavy atom. The van der Waals surface area contributed by atoms with Crippen LogP contribution >= 0.6 is 11.3 Å². The van der Waals surface area contributed by atoms with Gasteiger partial charge in [-0.15, -0.1) is 11.3 Å². The summed E-state index contributed by atoms with van der Waals surface area (Å²) in [5.41, 5.74) is 3.62. The third kappa shape index (κ3) is 2.44. The summed E-state index contributed by atoms with van der Waals surface area (Å²) in [5.74, 6) is 0. The summed E-state index contributed by atoms with van der Waals surface area (Å²) in [6, 6.07) is 9.10. The van der Waals surface area contributed by atoms with E-state index in [1.54, 1.807) is 22.5 Å². The molecule has 3 nitrogen and oxygen atoms in total. The van der Waals surface area contributed by atoms with Crippen molar-refractivity contribution in [2.45, 2.75) is 37.6 Å². The molecule has 0 amide bonds. The van der Waals surface area contributed by atoms with E-state index in [0.717, 1.165) is 11.7 Å². The summed E-state index contributed by atoms with van der Waals surface area (Å²) in [7, 11) is 1.94. The van der Waals surface area contributed by atoms with E-state index in [4.69, 9.17) is 0 Å². The Morgan fingerprint density at radius 1 is 1.32 bits per heavy atom. The lowest BCUT2D eigenvalue weighted by Gasteiger charge is -2.41. The molecule has 1 fully saturated rings. The molecule has 1 atom stereocenters. The molecule has 1 aromatic carbocycles. The largest absolute Gasteiger partial charge is 0.365 e. The van der Waals surface area contributed by atoms with Gasteiger partial charge in [-0.05, 0) is 43.4 Å². The summed E-state index contributed by atoms with van der Waals surface area (Å²) >= 11 is 1.78. The third-order valence-electron chi connectivity index (χ3n) is 5.26. The number of nitrogens with zero attached hydrogens (tertiary/aromatic N) is 2. The standard InChI is InChI=1S/C18H23N3S/c1-19-17-20-11-15(22-17)12-21-10-4-8-18(13-21)9-7-14-5-2-3-6-16(14)18/h2-3,5-6,11H,4,7-10,12-13H2,1H3,(H,19,20). The highest BCUT2D eigenvalue weighted by Gasteiger charge is 2.41. The fourth-order valence-electron chi connectivity index (χ4n) is 4.27. The van der Waals surface area contributed by atoms with Crippen molar-refractivity contribution in [1.82, 2.24) is 9.88 Å². The fraction of sp³-hybridized carbons (Fsp3) is 0.500. The number of nitrogens with one attached hydrogen (secondary N) is 1. The van der Waals surface area contributed by atoms with Crippen molar-refractivity contribution in [2.75, 3.05) is 25.5 Å². The first-order valence-corrected chi connectivity index (χ1v) is 9.04. The van der Waals surface area contributed by atoms with Crippen molar-refractivity contribution in [3.63, 3.8) is 0 Å². The number of aromatic nitrogens is 1. The second-order valence-electron chi connectivity index (χ2n) is 6.63. The van der Waals surface area contributed by atoms with Crippen molar-refractivity contribution < 1.29 is 0 Å². The molecule has 0 saturated carbocycles. The number of anilines is 1. The van der Waals surface area contributed by atoms with Gasteiger partial charge in [0.1, 0.15) is 0 Å². The van der Waals surface area contributed by atoms with E-state index in [9.17, 15) is 0 Å². The number of rotatable bonds is 3. The van der Waals surface area contributed by atoms with Gasteiger partial charge in [-0.3, -0.25) is 4.90 Å². The second kappa shape index (κ2) is 5.67. The summed E-state index contributed by atoms with van der Waals surface area (Å²) in [5, 5.41) is 4.16. The normalized spacial score (nSPS) is 24.6. The van der Waals surface area contributed by atoms with Crippen LogP contribution in [0.1, 0.15) is 35.3 Å². The van der Waals surface area contributed by atoms with Crippen LogP contribution in [0.15, 0.2) is 30.5 Å². The Labute approximate surface area is 136 Å². The van der Waals surface area contributed by atoms with E-state index in [1.165, 1.54) is 43.6 Å². The second-order valence-corrected chi connectivity index (χ2v) is 7.75. The predicted octanol–water partition coefficient (Wildman–Crippen LogP) is 3.66. The maximum absolute atomic E-state index is 4.41. The average Bonchev–Trinajstić information content (AvgIpc) is 3.14. The lowest BCUT2D eigenvalue weighted by Crippen LogP contribution is -2.44. The minimum atomic E-state index is 0.408. The quantitative estimate of drug-likeness (QED) is 0.937. The summed E-state index contributed by atoms with van der Waals surface area (Å²) < 4.78 is 0. The number of hydrogen-bond donors (Lipinski definition) is 1. The summed E-state index contributed by atoms with van der Waals surface area (Å²) in [6.45, 7) is 3.47. The van der Waals surface area contributed by atoms with Crippen LogP contribution in [0.5, 0.6) is 0 Å². The van der Waals surface area contributed by atoms with Crippen LogP contribution in [0.3, 0.4) is 0 Å². The van der Waals surface area contributed by atoms with Crippen LogP contribution in [0.4, 0.5) is 5.13 Å². The molecule has 1 saturated heterocycles. The summed E-state index contributed by atoms with van der Waals surface area (Å²) in [6.07, 6.45) is 7.28. The molecule has 1 aliphatic heterocycles. The highest BCUT2D eigenvalue weighted by molar-refractivity contribution is 7.15. The van der Waals surface area contributed by atoms with Crippen LogP contribution in [0.25, 0.3) is 0 Å². The molecule has 2 aromatic rings. The Kier molecular flexibility index (Phi) is 3.66. The molecule has 4 rings (SSSR count). The molecular formula is C18H23N3S. The fourth-order valence-corrected chi connectivity index (χ4v) is 5.08. The Hall–Kier alpha value is -1.39. The topological polar surface area (TPSA) is 28.2 Å². The van der Waals surface area contributed by atoms with Gasteiger partial charge in [0, 0.05) is 36.6 Å². The smallest absolute Gasteiger partial charge is 0.182 e. The molecule has 1 aromatic heterocycles. The maximum Gasteiger partial charge on any atom is 0.182 e. The van der Waals surface area contributed by atoms with Gasteiger partial charge in [0.2, 0.25) is 0 Å². The third-order valence-corrected chi connectivity index (χ3v) is 6.26. The molecule has 0 radical (unpaired) electrons. The van der Waals surface area contributed by atoms with E-state index in [1.807, 2.05) is 13.2 Å². The number of likely N-dealkylation sites (tertiary alicyclic amines) is 1. The van der Waals surface area contributed by atoms with Gasteiger partial charge in [0.15, 0.2) is 5.13 Å². The van der Waals surface area contributed by atoms with Crippen LogP contribution in [-0.2, 0) is 18.4 Å². The zero-order valence-electron chi connectivity index (χ0n) is 13.1. The van der Waals surface area contributed by atoms with Crippen LogP contribution < -0.4 is 5.32 Å². The predicted molar refractivity (Wildman–Crippen MR) is 92.6 cm³/mol. The molecule has 2 heterocycles. The van der Waals surface area contributed by atoms with E-state index in [2.05, 4.69) is 39.5 Å². The Morgan fingerprint density at radius 3 is 3.09 bits per heavy atom. The van der Waals surface area contributed by atoms with Gasteiger partial charge in [0.25, 0.3) is 0 Å². The molecule has 1 aliphatic carbocycles. The highest BCUT2D eigenvalue weighted by atomic mass is 32.1. The van der Waals surface area contributed by atoms with Gasteiger partial charge in [-0.1, -0.05) is 24.3 Å². The van der Waals surface area contributed by atoms with Gasteiger partial charge >= 0.3 is 0 Å². The molecular weight excluding hydrogens is 290 g/mol. The van der Waals surface area contributed by atoms with E-state index < -0.39 is 0 Å². The lowest BCUT2D eigenvalue weighted by molar-refractivity contribution is 0.140. The minimum absolute atomic E-state index is 0.408. The highest BCUT2D eigenvalue weighted by Crippen LogP contribution is 2.45. The number of aryl methyl sites for hydroxylation is 1. The van der Waals surface area contributed by atoms with Crippen molar-refractivity contribution in [3.05, 3.63) is 46.5 Å². The first-order chi connectivity index (χ1) is 10.8. The van der Waals surface area contributed by atoms with Crippen LogP contribution in [0, 0.1) is 0 Å². The lowest BCUT2D eigenvalue weighted by atomic mass is 9.75. The molecule has 116 valence electrons. The van der Waals surface area contributed by atoms with Crippen molar-refractivity contribution >= 4 is 16.5 Å². The molecule has 2 aliphatic rings. The Balaban J connectivity index is 1.53. The molecule has 4 heteroatoms. The molecule has 1 spiro atoms. The maximum atomic E-state index is 4.41. The van der Waals surface area contributed by atoms with Crippen LogP contribution in [0.2, 0.25) is 0 Å².